The average molecular weight is 447 g/mol. The molecule has 0 bridgehead atoms. The fourth-order valence-electron chi connectivity index (χ4n) is 3.61. The summed E-state index contributed by atoms with van der Waals surface area (Å²) in [6, 6.07) is 5.52. The zero-order valence-electron chi connectivity index (χ0n) is 18.6. The van der Waals surface area contributed by atoms with Gasteiger partial charge in [0, 0.05) is 36.1 Å². The number of hydrogen-bond acceptors (Lipinski definition) is 3. The van der Waals surface area contributed by atoms with Crippen LogP contribution in [0.1, 0.15) is 53.2 Å². The second-order valence-electron chi connectivity index (χ2n) is 8.68. The van der Waals surface area contributed by atoms with Gasteiger partial charge in [0.25, 0.3) is 0 Å². The Morgan fingerprint density at radius 3 is 2.27 bits per heavy atom. The average Bonchev–Trinajstić information content (AvgIpc) is 3.06. The van der Waals surface area contributed by atoms with Crippen LogP contribution < -0.4 is 4.90 Å². The standard InChI is InChI=1S/C24H32Cl2N4/c1-6-21-24(29(12-9-16(2)3)13-10-17(4)5)30-14-11-27-22(23(30)28-21)19-8-7-18(25)15-20(19)26/h7-8,11,14-17H,6,9-10,12-13H2,1-5H3. The Balaban J connectivity index is 2.13. The highest BCUT2D eigenvalue weighted by Gasteiger charge is 2.21. The Bertz CT molecular complexity index is 982. The largest absolute Gasteiger partial charge is 0.356 e. The van der Waals surface area contributed by atoms with E-state index in [0.29, 0.717) is 21.9 Å². The van der Waals surface area contributed by atoms with Crippen molar-refractivity contribution in [2.45, 2.75) is 53.9 Å². The zero-order chi connectivity index (χ0) is 21.8. The van der Waals surface area contributed by atoms with Gasteiger partial charge in [-0.15, -0.1) is 0 Å². The number of rotatable bonds is 9. The summed E-state index contributed by atoms with van der Waals surface area (Å²) in [6.07, 6.45) is 7.01. The molecule has 162 valence electrons. The van der Waals surface area contributed by atoms with E-state index in [1.165, 1.54) is 5.82 Å². The van der Waals surface area contributed by atoms with Crippen molar-refractivity contribution in [3.8, 4) is 11.3 Å². The van der Waals surface area contributed by atoms with Crippen molar-refractivity contribution in [2.75, 3.05) is 18.0 Å². The van der Waals surface area contributed by atoms with E-state index >= 15 is 0 Å². The van der Waals surface area contributed by atoms with Crippen molar-refractivity contribution >= 4 is 34.7 Å². The molecule has 0 aliphatic heterocycles. The van der Waals surface area contributed by atoms with Gasteiger partial charge in [0.15, 0.2) is 5.65 Å². The molecule has 3 aromatic rings. The van der Waals surface area contributed by atoms with E-state index in [9.17, 15) is 0 Å². The third-order valence-electron chi connectivity index (χ3n) is 5.36. The Morgan fingerprint density at radius 2 is 1.70 bits per heavy atom. The minimum atomic E-state index is 0.585. The lowest BCUT2D eigenvalue weighted by Crippen LogP contribution is -2.29. The summed E-state index contributed by atoms with van der Waals surface area (Å²) >= 11 is 12.6. The highest BCUT2D eigenvalue weighted by atomic mass is 35.5. The number of fused-ring (bicyclic) bond motifs is 1. The predicted molar refractivity (Wildman–Crippen MR) is 129 cm³/mol. The molecule has 2 heterocycles. The number of hydrogen-bond donors (Lipinski definition) is 0. The van der Waals surface area contributed by atoms with Gasteiger partial charge in [-0.05, 0) is 49.3 Å². The van der Waals surface area contributed by atoms with Crippen molar-refractivity contribution in [3.05, 3.63) is 46.3 Å². The molecular weight excluding hydrogens is 415 g/mol. The van der Waals surface area contributed by atoms with Gasteiger partial charge in [0.1, 0.15) is 11.5 Å². The first-order valence-corrected chi connectivity index (χ1v) is 11.6. The number of aromatic nitrogens is 3. The minimum absolute atomic E-state index is 0.585. The van der Waals surface area contributed by atoms with Crippen molar-refractivity contribution in [2.24, 2.45) is 11.8 Å². The molecule has 0 saturated heterocycles. The molecule has 2 aromatic heterocycles. The van der Waals surface area contributed by atoms with E-state index < -0.39 is 0 Å². The van der Waals surface area contributed by atoms with Crippen molar-refractivity contribution < 1.29 is 0 Å². The van der Waals surface area contributed by atoms with Crippen LogP contribution in [0.15, 0.2) is 30.6 Å². The van der Waals surface area contributed by atoms with Crippen LogP contribution >= 0.6 is 23.2 Å². The first-order valence-electron chi connectivity index (χ1n) is 10.9. The quantitative estimate of drug-likeness (QED) is 0.349. The molecule has 0 amide bonds. The molecule has 0 saturated carbocycles. The van der Waals surface area contributed by atoms with Crippen molar-refractivity contribution in [1.29, 1.82) is 0 Å². The highest BCUT2D eigenvalue weighted by molar-refractivity contribution is 6.36. The van der Waals surface area contributed by atoms with E-state index in [2.05, 4.69) is 48.9 Å². The van der Waals surface area contributed by atoms with E-state index in [1.807, 2.05) is 24.5 Å². The lowest BCUT2D eigenvalue weighted by molar-refractivity contribution is 0.531. The number of halogens is 2. The maximum Gasteiger partial charge on any atom is 0.165 e. The van der Waals surface area contributed by atoms with Crippen molar-refractivity contribution in [3.63, 3.8) is 0 Å². The Hall–Kier alpha value is -1.78. The molecule has 0 aliphatic carbocycles. The van der Waals surface area contributed by atoms with E-state index in [0.717, 1.165) is 55.0 Å². The first kappa shape index (κ1) is 22.9. The molecule has 1 aromatic carbocycles. The van der Waals surface area contributed by atoms with Gasteiger partial charge < -0.3 is 4.90 Å². The summed E-state index contributed by atoms with van der Waals surface area (Å²) in [4.78, 5) is 12.2. The molecule has 6 heteroatoms. The predicted octanol–water partition coefficient (Wildman–Crippen LogP) is 7.16. The summed E-state index contributed by atoms with van der Waals surface area (Å²) in [6.45, 7) is 13.3. The maximum atomic E-state index is 6.50. The minimum Gasteiger partial charge on any atom is -0.356 e. The molecule has 0 fully saturated rings. The summed E-state index contributed by atoms with van der Waals surface area (Å²) in [5.74, 6) is 2.49. The van der Waals surface area contributed by atoms with Crippen LogP contribution in [0.2, 0.25) is 10.0 Å². The Labute approximate surface area is 190 Å². The number of imidazole rings is 1. The van der Waals surface area contributed by atoms with Crippen LogP contribution in [0.5, 0.6) is 0 Å². The lowest BCUT2D eigenvalue weighted by atomic mass is 10.1. The van der Waals surface area contributed by atoms with Crippen LogP contribution in [0.25, 0.3) is 16.9 Å². The molecule has 0 radical (unpaired) electrons. The van der Waals surface area contributed by atoms with E-state index in [4.69, 9.17) is 28.2 Å². The number of benzene rings is 1. The summed E-state index contributed by atoms with van der Waals surface area (Å²) in [7, 11) is 0. The Morgan fingerprint density at radius 1 is 1.03 bits per heavy atom. The van der Waals surface area contributed by atoms with Gasteiger partial charge in [0.05, 0.1) is 10.7 Å². The van der Waals surface area contributed by atoms with E-state index in [1.54, 1.807) is 6.07 Å². The van der Waals surface area contributed by atoms with Gasteiger partial charge in [-0.25, -0.2) is 4.98 Å². The fraction of sp³-hybridized carbons (Fsp3) is 0.500. The van der Waals surface area contributed by atoms with Gasteiger partial charge in [-0.1, -0.05) is 57.8 Å². The van der Waals surface area contributed by atoms with Crippen LogP contribution in [-0.4, -0.2) is 27.5 Å². The van der Waals surface area contributed by atoms with Crippen molar-refractivity contribution in [1.82, 2.24) is 14.4 Å². The third kappa shape index (κ3) is 5.09. The molecule has 0 unspecified atom stereocenters. The van der Waals surface area contributed by atoms with Crippen LogP contribution in [0.4, 0.5) is 5.82 Å². The van der Waals surface area contributed by atoms with Crippen LogP contribution in [-0.2, 0) is 6.42 Å². The number of anilines is 1. The van der Waals surface area contributed by atoms with Gasteiger partial charge >= 0.3 is 0 Å². The molecule has 3 rings (SSSR count). The van der Waals surface area contributed by atoms with Crippen LogP contribution in [0, 0.1) is 11.8 Å². The molecular formula is C24H32Cl2N4. The lowest BCUT2D eigenvalue weighted by Gasteiger charge is -2.27. The summed E-state index contributed by atoms with van der Waals surface area (Å²) in [5.41, 5.74) is 3.57. The number of nitrogens with zero attached hydrogens (tertiary/aromatic N) is 4. The van der Waals surface area contributed by atoms with Crippen LogP contribution in [0.3, 0.4) is 0 Å². The second-order valence-corrected chi connectivity index (χ2v) is 9.53. The maximum absolute atomic E-state index is 6.50. The van der Waals surface area contributed by atoms with Gasteiger partial charge in [-0.2, -0.15) is 0 Å². The molecule has 4 nitrogen and oxygen atoms in total. The Kier molecular flexibility index (Phi) is 7.65. The van der Waals surface area contributed by atoms with Gasteiger partial charge in [0.2, 0.25) is 0 Å². The normalized spacial score (nSPS) is 11.8. The fourth-order valence-corrected chi connectivity index (χ4v) is 4.10. The smallest absolute Gasteiger partial charge is 0.165 e. The zero-order valence-corrected chi connectivity index (χ0v) is 20.1. The second kappa shape index (κ2) is 10.0. The van der Waals surface area contributed by atoms with E-state index in [-0.39, 0.29) is 0 Å². The van der Waals surface area contributed by atoms with Gasteiger partial charge in [-0.3, -0.25) is 9.38 Å². The first-order chi connectivity index (χ1) is 14.3. The number of aryl methyl sites for hydroxylation is 1. The molecule has 30 heavy (non-hydrogen) atoms. The SMILES string of the molecule is CCc1nc2c(-c3ccc(Cl)cc3Cl)nccn2c1N(CCC(C)C)CCC(C)C. The molecule has 0 atom stereocenters. The molecule has 0 aliphatic rings. The molecule has 0 N–H and O–H groups in total. The summed E-state index contributed by atoms with van der Waals surface area (Å²) in [5, 5.41) is 1.20. The highest BCUT2D eigenvalue weighted by Crippen LogP contribution is 2.34. The monoisotopic (exact) mass is 446 g/mol. The molecule has 0 spiro atoms. The topological polar surface area (TPSA) is 33.4 Å². The third-order valence-corrected chi connectivity index (χ3v) is 5.91. The summed E-state index contributed by atoms with van der Waals surface area (Å²) < 4.78 is 2.19.